The van der Waals surface area contributed by atoms with Crippen molar-refractivity contribution in [3.63, 3.8) is 0 Å². The highest BCUT2D eigenvalue weighted by atomic mass is 16.5. The van der Waals surface area contributed by atoms with Crippen LogP contribution in [0.15, 0.2) is 30.3 Å². The largest absolute Gasteiger partial charge is 0.395 e. The van der Waals surface area contributed by atoms with Gasteiger partial charge in [0.05, 0.1) is 25.4 Å². The minimum Gasteiger partial charge on any atom is -0.395 e. The van der Waals surface area contributed by atoms with Crippen molar-refractivity contribution < 1.29 is 14.9 Å². The number of ether oxygens (including phenoxy) is 1. The molecule has 0 saturated heterocycles. The van der Waals surface area contributed by atoms with E-state index >= 15 is 0 Å². The Kier molecular flexibility index (Phi) is 16.2. The highest BCUT2D eigenvalue weighted by Gasteiger charge is 2.17. The van der Waals surface area contributed by atoms with E-state index in [1.54, 1.807) is 0 Å². The van der Waals surface area contributed by atoms with E-state index in [0.717, 1.165) is 12.0 Å². The van der Waals surface area contributed by atoms with Crippen molar-refractivity contribution in [3.05, 3.63) is 35.9 Å². The van der Waals surface area contributed by atoms with Gasteiger partial charge in [0.25, 0.3) is 0 Å². The van der Waals surface area contributed by atoms with Gasteiger partial charge in [0.2, 0.25) is 0 Å². The van der Waals surface area contributed by atoms with Crippen molar-refractivity contribution >= 4 is 0 Å². The molecule has 0 fully saturated rings. The van der Waals surface area contributed by atoms with Crippen molar-refractivity contribution in [2.45, 2.75) is 96.2 Å². The summed E-state index contributed by atoms with van der Waals surface area (Å²) in [6.45, 7) is 3.74. The van der Waals surface area contributed by atoms with E-state index in [9.17, 15) is 10.2 Å². The van der Waals surface area contributed by atoms with Crippen LogP contribution in [-0.4, -0.2) is 42.2 Å². The number of benzene rings is 1. The molecule has 0 aliphatic carbocycles. The third kappa shape index (κ3) is 13.3. The lowest BCUT2D eigenvalue weighted by Gasteiger charge is -2.22. The molecule has 0 saturated carbocycles. The van der Waals surface area contributed by atoms with Gasteiger partial charge in [-0.05, 0) is 12.0 Å². The van der Waals surface area contributed by atoms with Crippen LogP contribution in [0, 0.1) is 0 Å². The van der Waals surface area contributed by atoms with Crippen molar-refractivity contribution in [3.8, 4) is 0 Å². The Morgan fingerprint density at radius 2 is 1.43 bits per heavy atom. The van der Waals surface area contributed by atoms with Crippen LogP contribution in [0.3, 0.4) is 0 Å². The fraction of sp³-hybridized carbons (Fsp3) is 0.750. The predicted molar refractivity (Wildman–Crippen MR) is 117 cm³/mol. The molecule has 162 valence electrons. The Balaban J connectivity index is 1.94. The fourth-order valence-electron chi connectivity index (χ4n) is 3.36. The Morgan fingerprint density at radius 1 is 0.857 bits per heavy atom. The van der Waals surface area contributed by atoms with E-state index in [1.807, 2.05) is 30.3 Å². The molecule has 28 heavy (non-hydrogen) atoms. The monoisotopic (exact) mass is 393 g/mol. The number of rotatable bonds is 19. The first-order chi connectivity index (χ1) is 13.8. The summed E-state index contributed by atoms with van der Waals surface area (Å²) in [5.41, 5.74) is 1.13. The van der Waals surface area contributed by atoms with Crippen molar-refractivity contribution in [2.24, 2.45) is 0 Å². The third-order valence-corrected chi connectivity index (χ3v) is 5.25. The van der Waals surface area contributed by atoms with Crippen molar-refractivity contribution in [1.29, 1.82) is 0 Å². The van der Waals surface area contributed by atoms with Crippen LogP contribution in [-0.2, 0) is 11.3 Å². The lowest BCUT2D eigenvalue weighted by molar-refractivity contribution is 0.00257. The third-order valence-electron chi connectivity index (χ3n) is 5.25. The lowest BCUT2D eigenvalue weighted by atomic mass is 10.1. The number of hydrogen-bond donors (Lipinski definition) is 3. The standard InChI is InChI=1S/C24H43NO3/c1-2-3-4-5-6-7-8-9-10-11-15-18-28-21-24(27)23(20-26)25-19-22-16-13-12-14-17-22/h12-14,16-17,23-27H,2-11,15,18-21H2,1H3. The average Bonchev–Trinajstić information content (AvgIpc) is 2.72. The van der Waals surface area contributed by atoms with E-state index in [0.29, 0.717) is 13.2 Å². The zero-order valence-corrected chi connectivity index (χ0v) is 18.0. The van der Waals surface area contributed by atoms with E-state index in [2.05, 4.69) is 12.2 Å². The Morgan fingerprint density at radius 3 is 2.00 bits per heavy atom. The second-order valence-electron chi connectivity index (χ2n) is 7.83. The topological polar surface area (TPSA) is 61.7 Å². The van der Waals surface area contributed by atoms with Crippen LogP contribution < -0.4 is 5.32 Å². The van der Waals surface area contributed by atoms with Gasteiger partial charge in [-0.1, -0.05) is 101 Å². The normalized spacial score (nSPS) is 13.5. The summed E-state index contributed by atoms with van der Waals surface area (Å²) in [7, 11) is 0. The molecule has 1 aromatic rings. The SMILES string of the molecule is CCCCCCCCCCCCCOCC(O)C(CO)NCc1ccccc1. The highest BCUT2D eigenvalue weighted by Crippen LogP contribution is 2.11. The molecule has 2 unspecified atom stereocenters. The van der Waals surface area contributed by atoms with Gasteiger partial charge in [0, 0.05) is 13.2 Å². The Bertz CT molecular complexity index is 441. The summed E-state index contributed by atoms with van der Waals surface area (Å²) in [6.07, 6.45) is 13.8. The molecule has 1 aromatic carbocycles. The molecule has 4 nitrogen and oxygen atoms in total. The zero-order valence-electron chi connectivity index (χ0n) is 18.0. The maximum absolute atomic E-state index is 10.2. The molecule has 0 amide bonds. The highest BCUT2D eigenvalue weighted by molar-refractivity contribution is 5.14. The molecule has 3 N–H and O–H groups in total. The van der Waals surface area contributed by atoms with Gasteiger partial charge < -0.3 is 20.3 Å². The van der Waals surface area contributed by atoms with E-state index in [4.69, 9.17) is 4.74 Å². The van der Waals surface area contributed by atoms with E-state index in [1.165, 1.54) is 64.2 Å². The smallest absolute Gasteiger partial charge is 0.0948 e. The van der Waals surface area contributed by atoms with E-state index in [-0.39, 0.29) is 19.3 Å². The summed E-state index contributed by atoms with van der Waals surface area (Å²) in [5.74, 6) is 0. The van der Waals surface area contributed by atoms with Crippen LogP contribution in [0.4, 0.5) is 0 Å². The average molecular weight is 394 g/mol. The van der Waals surface area contributed by atoms with Crippen LogP contribution in [0.1, 0.15) is 83.1 Å². The summed E-state index contributed by atoms with van der Waals surface area (Å²) < 4.78 is 5.61. The molecular formula is C24H43NO3. The maximum atomic E-state index is 10.2. The molecule has 1 rings (SSSR count). The number of nitrogens with one attached hydrogen (secondary N) is 1. The molecule has 0 spiro atoms. The molecule has 0 radical (unpaired) electrons. The minimum atomic E-state index is -0.693. The van der Waals surface area contributed by atoms with Crippen molar-refractivity contribution in [2.75, 3.05) is 19.8 Å². The van der Waals surface area contributed by atoms with Gasteiger partial charge in [-0.3, -0.25) is 0 Å². The van der Waals surface area contributed by atoms with Crippen LogP contribution in [0.5, 0.6) is 0 Å². The van der Waals surface area contributed by atoms with Crippen LogP contribution in [0.25, 0.3) is 0 Å². The number of unbranched alkanes of at least 4 members (excludes halogenated alkanes) is 10. The molecule has 2 atom stereocenters. The second-order valence-corrected chi connectivity index (χ2v) is 7.83. The summed E-state index contributed by atoms with van der Waals surface area (Å²) in [4.78, 5) is 0. The minimum absolute atomic E-state index is 0.101. The molecule has 0 heterocycles. The van der Waals surface area contributed by atoms with Gasteiger partial charge in [0.1, 0.15) is 0 Å². The zero-order chi connectivity index (χ0) is 20.3. The molecule has 4 heteroatoms. The predicted octanol–water partition coefficient (Wildman–Crippen LogP) is 4.83. The fourth-order valence-corrected chi connectivity index (χ4v) is 3.36. The maximum Gasteiger partial charge on any atom is 0.0948 e. The summed E-state index contributed by atoms with van der Waals surface area (Å²) in [6, 6.07) is 9.63. The first-order valence-corrected chi connectivity index (χ1v) is 11.4. The first-order valence-electron chi connectivity index (χ1n) is 11.4. The van der Waals surface area contributed by atoms with Gasteiger partial charge >= 0.3 is 0 Å². The quantitative estimate of drug-likeness (QED) is 0.295. The Hall–Kier alpha value is -0.940. The first kappa shape index (κ1) is 25.1. The lowest BCUT2D eigenvalue weighted by Crippen LogP contribution is -2.44. The van der Waals surface area contributed by atoms with Gasteiger partial charge in [0.15, 0.2) is 0 Å². The van der Waals surface area contributed by atoms with E-state index < -0.39 is 6.10 Å². The Labute approximate surface area is 172 Å². The van der Waals surface area contributed by atoms with Crippen molar-refractivity contribution in [1.82, 2.24) is 5.32 Å². The van der Waals surface area contributed by atoms with Gasteiger partial charge in [-0.15, -0.1) is 0 Å². The molecule has 0 aliphatic rings. The van der Waals surface area contributed by atoms with Gasteiger partial charge in [-0.25, -0.2) is 0 Å². The second kappa shape index (κ2) is 18.1. The molecule has 0 aromatic heterocycles. The molecular weight excluding hydrogens is 350 g/mol. The van der Waals surface area contributed by atoms with Crippen LogP contribution >= 0.6 is 0 Å². The summed E-state index contributed by atoms with van der Waals surface area (Å²) >= 11 is 0. The molecule has 0 bridgehead atoms. The number of hydrogen-bond acceptors (Lipinski definition) is 4. The molecule has 0 aliphatic heterocycles. The van der Waals surface area contributed by atoms with Gasteiger partial charge in [-0.2, -0.15) is 0 Å². The van der Waals surface area contributed by atoms with Crippen LogP contribution in [0.2, 0.25) is 0 Å². The number of aliphatic hydroxyl groups excluding tert-OH is 2. The number of aliphatic hydroxyl groups is 2. The summed E-state index contributed by atoms with van der Waals surface area (Å²) in [5, 5.41) is 22.9.